The standard InChI is InChI=1S/C16H21N3OS/c1-19(2)15(14-8-9-21-12-14)11-18-16(20)17-10-13-6-4-3-5-7-13/h3-9,12,15H,10-11H2,1-2H3,(H2,17,18,20)/t15-/m1/s1. The quantitative estimate of drug-likeness (QED) is 0.862. The maximum absolute atomic E-state index is 11.9. The largest absolute Gasteiger partial charge is 0.336 e. The summed E-state index contributed by atoms with van der Waals surface area (Å²) in [4.78, 5) is 14.0. The van der Waals surface area contributed by atoms with E-state index in [9.17, 15) is 4.79 Å². The molecule has 0 bridgehead atoms. The highest BCUT2D eigenvalue weighted by Gasteiger charge is 2.15. The van der Waals surface area contributed by atoms with Crippen LogP contribution in [0.5, 0.6) is 0 Å². The van der Waals surface area contributed by atoms with Crippen LogP contribution in [0.25, 0.3) is 0 Å². The van der Waals surface area contributed by atoms with E-state index >= 15 is 0 Å². The second-order valence-corrected chi connectivity index (χ2v) is 5.87. The molecular weight excluding hydrogens is 282 g/mol. The maximum Gasteiger partial charge on any atom is 0.315 e. The van der Waals surface area contributed by atoms with Crippen molar-refractivity contribution in [1.29, 1.82) is 0 Å². The molecule has 0 radical (unpaired) electrons. The number of hydrogen-bond acceptors (Lipinski definition) is 3. The third kappa shape index (κ3) is 4.88. The van der Waals surface area contributed by atoms with Crippen molar-refractivity contribution < 1.29 is 4.79 Å². The van der Waals surface area contributed by atoms with Crippen LogP contribution in [0, 0.1) is 0 Å². The number of rotatable bonds is 6. The van der Waals surface area contributed by atoms with Crippen LogP contribution in [0.15, 0.2) is 47.2 Å². The number of thiophene rings is 1. The molecule has 1 heterocycles. The molecule has 21 heavy (non-hydrogen) atoms. The number of likely N-dealkylation sites (N-methyl/N-ethyl adjacent to an activating group) is 1. The van der Waals surface area contributed by atoms with Crippen LogP contribution in [-0.4, -0.2) is 31.6 Å². The first-order chi connectivity index (χ1) is 10.2. The van der Waals surface area contributed by atoms with Gasteiger partial charge in [-0.1, -0.05) is 30.3 Å². The smallest absolute Gasteiger partial charge is 0.315 e. The van der Waals surface area contributed by atoms with E-state index in [0.717, 1.165) is 5.56 Å². The van der Waals surface area contributed by atoms with E-state index in [1.165, 1.54) is 5.56 Å². The lowest BCUT2D eigenvalue weighted by Gasteiger charge is -2.24. The zero-order valence-electron chi connectivity index (χ0n) is 12.4. The van der Waals surface area contributed by atoms with Crippen LogP contribution in [-0.2, 0) is 6.54 Å². The zero-order chi connectivity index (χ0) is 15.1. The van der Waals surface area contributed by atoms with Gasteiger partial charge in [0.25, 0.3) is 0 Å². The van der Waals surface area contributed by atoms with Gasteiger partial charge < -0.3 is 15.5 Å². The molecule has 1 aromatic carbocycles. The van der Waals surface area contributed by atoms with Crippen molar-refractivity contribution in [3.63, 3.8) is 0 Å². The van der Waals surface area contributed by atoms with Crippen LogP contribution in [0.1, 0.15) is 17.2 Å². The first-order valence-corrected chi connectivity index (χ1v) is 7.85. The first-order valence-electron chi connectivity index (χ1n) is 6.91. The topological polar surface area (TPSA) is 44.4 Å². The normalized spacial score (nSPS) is 12.1. The second-order valence-electron chi connectivity index (χ2n) is 5.09. The van der Waals surface area contributed by atoms with Crippen LogP contribution < -0.4 is 10.6 Å². The van der Waals surface area contributed by atoms with Gasteiger partial charge in [-0.3, -0.25) is 0 Å². The summed E-state index contributed by atoms with van der Waals surface area (Å²) in [7, 11) is 4.04. The highest BCUT2D eigenvalue weighted by atomic mass is 32.1. The summed E-state index contributed by atoms with van der Waals surface area (Å²) >= 11 is 1.67. The molecule has 0 aliphatic rings. The van der Waals surface area contributed by atoms with Gasteiger partial charge in [0.15, 0.2) is 0 Å². The van der Waals surface area contributed by atoms with E-state index in [4.69, 9.17) is 0 Å². The van der Waals surface area contributed by atoms with Gasteiger partial charge in [-0.2, -0.15) is 11.3 Å². The van der Waals surface area contributed by atoms with Gasteiger partial charge in [0.1, 0.15) is 0 Å². The molecule has 1 atom stereocenters. The Morgan fingerprint density at radius 3 is 2.57 bits per heavy atom. The number of hydrogen-bond donors (Lipinski definition) is 2. The maximum atomic E-state index is 11.9. The van der Waals surface area contributed by atoms with Crippen molar-refractivity contribution in [1.82, 2.24) is 15.5 Å². The summed E-state index contributed by atoms with van der Waals surface area (Å²) in [6.45, 7) is 1.13. The minimum absolute atomic E-state index is 0.138. The molecule has 0 saturated carbocycles. The lowest BCUT2D eigenvalue weighted by molar-refractivity contribution is 0.232. The highest BCUT2D eigenvalue weighted by molar-refractivity contribution is 7.07. The number of carbonyl (C=O) groups excluding carboxylic acids is 1. The molecule has 0 spiro atoms. The van der Waals surface area contributed by atoms with Crippen LogP contribution >= 0.6 is 11.3 Å². The zero-order valence-corrected chi connectivity index (χ0v) is 13.2. The van der Waals surface area contributed by atoms with Crippen molar-refractivity contribution in [2.75, 3.05) is 20.6 Å². The highest BCUT2D eigenvalue weighted by Crippen LogP contribution is 2.19. The van der Waals surface area contributed by atoms with Crippen molar-refractivity contribution in [3.05, 3.63) is 58.3 Å². The summed E-state index contributed by atoms with van der Waals surface area (Å²) in [5.74, 6) is 0. The Labute approximate surface area is 129 Å². The Balaban J connectivity index is 1.80. The molecule has 4 nitrogen and oxygen atoms in total. The van der Waals surface area contributed by atoms with Crippen molar-refractivity contribution in [2.24, 2.45) is 0 Å². The second kappa shape index (κ2) is 7.81. The molecular formula is C16H21N3OS. The van der Waals surface area contributed by atoms with E-state index in [1.807, 2.05) is 44.4 Å². The Morgan fingerprint density at radius 2 is 1.95 bits per heavy atom. The molecule has 2 rings (SSSR count). The van der Waals surface area contributed by atoms with E-state index < -0.39 is 0 Å². The fraction of sp³-hybridized carbons (Fsp3) is 0.312. The number of nitrogens with one attached hydrogen (secondary N) is 2. The van der Waals surface area contributed by atoms with Gasteiger partial charge in [0.2, 0.25) is 0 Å². The number of carbonyl (C=O) groups is 1. The monoisotopic (exact) mass is 303 g/mol. The fourth-order valence-electron chi connectivity index (χ4n) is 2.09. The van der Waals surface area contributed by atoms with E-state index in [1.54, 1.807) is 11.3 Å². The number of nitrogens with zero attached hydrogens (tertiary/aromatic N) is 1. The summed E-state index contributed by atoms with van der Waals surface area (Å²) < 4.78 is 0. The molecule has 0 saturated heterocycles. The SMILES string of the molecule is CN(C)[C@H](CNC(=O)NCc1ccccc1)c1ccsc1. The summed E-state index contributed by atoms with van der Waals surface area (Å²) in [5, 5.41) is 9.98. The Kier molecular flexibility index (Phi) is 5.78. The Morgan fingerprint density at radius 1 is 1.19 bits per heavy atom. The molecule has 0 aliphatic heterocycles. The van der Waals surface area contributed by atoms with E-state index in [2.05, 4.69) is 32.4 Å². The van der Waals surface area contributed by atoms with Crippen LogP contribution in [0.4, 0.5) is 4.79 Å². The van der Waals surface area contributed by atoms with Crippen molar-refractivity contribution in [3.8, 4) is 0 Å². The average molecular weight is 303 g/mol. The lowest BCUT2D eigenvalue weighted by atomic mass is 10.1. The predicted molar refractivity (Wildman–Crippen MR) is 87.4 cm³/mol. The minimum Gasteiger partial charge on any atom is -0.336 e. The van der Waals surface area contributed by atoms with Gasteiger partial charge in [0, 0.05) is 13.1 Å². The predicted octanol–water partition coefficient (Wildman–Crippen LogP) is 2.85. The average Bonchev–Trinajstić information content (AvgIpc) is 3.00. The molecule has 0 aliphatic carbocycles. The molecule has 112 valence electrons. The van der Waals surface area contributed by atoms with Gasteiger partial charge in [0.05, 0.1) is 6.04 Å². The molecule has 2 amide bonds. The molecule has 0 fully saturated rings. The third-order valence-electron chi connectivity index (χ3n) is 3.30. The molecule has 5 heteroatoms. The third-order valence-corrected chi connectivity index (χ3v) is 4.00. The molecule has 0 unspecified atom stereocenters. The van der Waals surface area contributed by atoms with Gasteiger partial charge in [-0.25, -0.2) is 4.79 Å². The molecule has 1 aromatic heterocycles. The summed E-state index contributed by atoms with van der Waals surface area (Å²) in [5.41, 5.74) is 2.32. The van der Waals surface area contributed by atoms with E-state index in [-0.39, 0.29) is 12.1 Å². The van der Waals surface area contributed by atoms with E-state index in [0.29, 0.717) is 13.1 Å². The van der Waals surface area contributed by atoms with Gasteiger partial charge in [-0.15, -0.1) is 0 Å². The fourth-order valence-corrected chi connectivity index (χ4v) is 2.80. The molecule has 2 aromatic rings. The number of urea groups is 1. The number of benzene rings is 1. The lowest BCUT2D eigenvalue weighted by Crippen LogP contribution is -2.40. The van der Waals surface area contributed by atoms with Gasteiger partial charge in [-0.05, 0) is 42.0 Å². The first kappa shape index (κ1) is 15.5. The summed E-state index contributed by atoms with van der Waals surface area (Å²) in [6.07, 6.45) is 0. The Bertz CT molecular complexity index is 540. The number of amides is 2. The van der Waals surface area contributed by atoms with Crippen LogP contribution in [0.2, 0.25) is 0 Å². The Hall–Kier alpha value is -1.85. The van der Waals surface area contributed by atoms with Crippen molar-refractivity contribution >= 4 is 17.4 Å². The van der Waals surface area contributed by atoms with Crippen molar-refractivity contribution in [2.45, 2.75) is 12.6 Å². The van der Waals surface area contributed by atoms with Gasteiger partial charge >= 0.3 is 6.03 Å². The van der Waals surface area contributed by atoms with Crippen LogP contribution in [0.3, 0.4) is 0 Å². The summed E-state index contributed by atoms with van der Waals surface area (Å²) in [6, 6.07) is 12.0. The molecule has 2 N–H and O–H groups in total. The minimum atomic E-state index is -0.138.